The number of nitrogens with zero attached hydrogens (tertiary/aromatic N) is 1. The van der Waals surface area contributed by atoms with Crippen molar-refractivity contribution in [3.05, 3.63) is 40.6 Å². The van der Waals surface area contributed by atoms with Crippen molar-refractivity contribution < 1.29 is 9.90 Å². The maximum absolute atomic E-state index is 10.7. The van der Waals surface area contributed by atoms with Crippen molar-refractivity contribution in [2.24, 2.45) is 0 Å². The van der Waals surface area contributed by atoms with Crippen molar-refractivity contribution in [1.29, 1.82) is 5.26 Å². The number of benzene rings is 1. The fraction of sp³-hybridized carbons (Fsp3) is 0. The molecule has 0 saturated heterocycles. The highest BCUT2D eigenvalue weighted by Crippen LogP contribution is 2.27. The van der Waals surface area contributed by atoms with E-state index in [4.69, 9.17) is 22.0 Å². The van der Waals surface area contributed by atoms with E-state index >= 15 is 0 Å². The molecule has 2 N–H and O–H groups in total. The number of rotatable bonds is 2. The van der Waals surface area contributed by atoms with Gasteiger partial charge in [0.15, 0.2) is 0 Å². The van der Waals surface area contributed by atoms with Crippen LogP contribution in [0.25, 0.3) is 17.0 Å². The van der Waals surface area contributed by atoms with E-state index in [1.165, 1.54) is 6.08 Å². The molecular formula is C12H7ClN2O2. The number of carboxylic acid groups (broad SMARTS) is 1. The normalized spacial score (nSPS) is 11.4. The van der Waals surface area contributed by atoms with Crippen LogP contribution in [-0.4, -0.2) is 16.1 Å². The molecule has 0 atom stereocenters. The Balaban J connectivity index is 2.66. The number of H-pyrrole nitrogens is 1. The highest BCUT2D eigenvalue weighted by atomic mass is 35.5. The first-order valence-electron chi connectivity index (χ1n) is 4.74. The summed E-state index contributed by atoms with van der Waals surface area (Å²) < 4.78 is 0. The molecular weight excluding hydrogens is 240 g/mol. The Kier molecular flexibility index (Phi) is 2.86. The van der Waals surface area contributed by atoms with Crippen molar-refractivity contribution in [2.75, 3.05) is 0 Å². The van der Waals surface area contributed by atoms with Crippen molar-refractivity contribution in [3.63, 3.8) is 0 Å². The summed E-state index contributed by atoms with van der Waals surface area (Å²) in [4.78, 5) is 13.7. The van der Waals surface area contributed by atoms with Crippen LogP contribution in [0.5, 0.6) is 0 Å². The highest BCUT2D eigenvalue weighted by Gasteiger charge is 2.10. The first-order chi connectivity index (χ1) is 8.13. The molecule has 1 aromatic heterocycles. The molecule has 2 aromatic rings. The summed E-state index contributed by atoms with van der Waals surface area (Å²) in [7, 11) is 0. The van der Waals surface area contributed by atoms with Gasteiger partial charge in [0.1, 0.15) is 11.6 Å². The number of hydrogen-bond donors (Lipinski definition) is 2. The summed E-state index contributed by atoms with van der Waals surface area (Å²) in [6.07, 6.45) is 2.92. The Morgan fingerprint density at radius 3 is 2.94 bits per heavy atom. The highest BCUT2D eigenvalue weighted by molar-refractivity contribution is 6.36. The SMILES string of the molecule is N#C/C(=C\c1c[nH]c2cccc(Cl)c12)C(=O)O. The van der Waals surface area contributed by atoms with Gasteiger partial charge in [0.05, 0.1) is 5.02 Å². The molecule has 0 saturated carbocycles. The molecule has 0 spiro atoms. The molecule has 1 heterocycles. The number of carboxylic acids is 1. The van der Waals surface area contributed by atoms with Crippen molar-refractivity contribution >= 4 is 34.5 Å². The van der Waals surface area contributed by atoms with Crippen LogP contribution >= 0.6 is 11.6 Å². The van der Waals surface area contributed by atoms with Gasteiger partial charge in [-0.05, 0) is 18.2 Å². The first-order valence-corrected chi connectivity index (χ1v) is 5.12. The Morgan fingerprint density at radius 2 is 2.29 bits per heavy atom. The van der Waals surface area contributed by atoms with Gasteiger partial charge < -0.3 is 10.1 Å². The van der Waals surface area contributed by atoms with Gasteiger partial charge in [0.2, 0.25) is 0 Å². The largest absolute Gasteiger partial charge is 0.477 e. The fourth-order valence-corrected chi connectivity index (χ4v) is 1.86. The minimum absolute atomic E-state index is 0.328. The molecule has 0 fully saturated rings. The van der Waals surface area contributed by atoms with Crippen LogP contribution in [0.4, 0.5) is 0 Å². The predicted octanol–water partition coefficient (Wildman–Crippen LogP) is 2.81. The van der Waals surface area contributed by atoms with Crippen LogP contribution in [0.2, 0.25) is 5.02 Å². The smallest absolute Gasteiger partial charge is 0.346 e. The molecule has 5 heteroatoms. The van der Waals surface area contributed by atoms with Crippen LogP contribution in [0, 0.1) is 11.3 Å². The molecule has 1 aromatic carbocycles. The lowest BCUT2D eigenvalue weighted by Crippen LogP contribution is -1.97. The molecule has 84 valence electrons. The topological polar surface area (TPSA) is 76.9 Å². The van der Waals surface area contributed by atoms with Crippen molar-refractivity contribution in [1.82, 2.24) is 4.98 Å². The molecule has 0 bridgehead atoms. The lowest BCUT2D eigenvalue weighted by molar-refractivity contribution is -0.132. The minimum atomic E-state index is -1.26. The molecule has 0 aliphatic carbocycles. The summed E-state index contributed by atoms with van der Waals surface area (Å²) in [6.45, 7) is 0. The summed E-state index contributed by atoms with van der Waals surface area (Å²) in [5, 5.41) is 18.7. The molecule has 0 unspecified atom stereocenters. The quantitative estimate of drug-likeness (QED) is 0.632. The third-order valence-corrected chi connectivity index (χ3v) is 2.65. The lowest BCUT2D eigenvalue weighted by Gasteiger charge is -1.96. The van der Waals surface area contributed by atoms with E-state index in [9.17, 15) is 4.79 Å². The number of nitriles is 1. The lowest BCUT2D eigenvalue weighted by atomic mass is 10.1. The van der Waals surface area contributed by atoms with Gasteiger partial charge in [-0.25, -0.2) is 4.79 Å². The van der Waals surface area contributed by atoms with Gasteiger partial charge in [-0.15, -0.1) is 0 Å². The second kappa shape index (κ2) is 4.32. The van der Waals surface area contributed by atoms with Gasteiger partial charge in [0.25, 0.3) is 0 Å². The summed E-state index contributed by atoms with van der Waals surface area (Å²) in [5.41, 5.74) is 1.06. The number of aliphatic carboxylic acids is 1. The molecule has 0 aliphatic heterocycles. The number of fused-ring (bicyclic) bond motifs is 1. The zero-order valence-electron chi connectivity index (χ0n) is 8.57. The maximum Gasteiger partial charge on any atom is 0.346 e. The number of nitrogens with one attached hydrogen (secondary N) is 1. The Labute approximate surface area is 102 Å². The van der Waals surface area contributed by atoms with Crippen molar-refractivity contribution in [3.8, 4) is 6.07 Å². The number of aromatic amines is 1. The zero-order chi connectivity index (χ0) is 12.4. The van der Waals surface area contributed by atoms with Gasteiger partial charge >= 0.3 is 5.97 Å². The average Bonchev–Trinajstić information content (AvgIpc) is 2.70. The number of carbonyl (C=O) groups is 1. The predicted molar refractivity (Wildman–Crippen MR) is 64.5 cm³/mol. The van der Waals surface area contributed by atoms with E-state index in [-0.39, 0.29) is 5.57 Å². The van der Waals surface area contributed by atoms with Crippen LogP contribution in [0.1, 0.15) is 5.56 Å². The summed E-state index contributed by atoms with van der Waals surface area (Å²) in [6, 6.07) is 6.95. The zero-order valence-corrected chi connectivity index (χ0v) is 9.32. The van der Waals surface area contributed by atoms with Gasteiger partial charge in [-0.2, -0.15) is 5.26 Å². The Hall–Kier alpha value is -2.25. The Bertz CT molecular complexity index is 665. The second-order valence-corrected chi connectivity index (χ2v) is 3.79. The number of aromatic nitrogens is 1. The molecule has 0 radical (unpaired) electrons. The first kappa shape index (κ1) is 11.2. The van der Waals surface area contributed by atoms with E-state index in [0.717, 1.165) is 5.52 Å². The minimum Gasteiger partial charge on any atom is -0.477 e. The van der Waals surface area contributed by atoms with Crippen LogP contribution < -0.4 is 0 Å². The average molecular weight is 247 g/mol. The van der Waals surface area contributed by atoms with Gasteiger partial charge in [-0.3, -0.25) is 0 Å². The molecule has 0 aliphatic rings. The molecule has 2 rings (SSSR count). The molecule has 0 amide bonds. The van der Waals surface area contributed by atoms with E-state index in [1.807, 2.05) is 6.07 Å². The monoisotopic (exact) mass is 246 g/mol. The third-order valence-electron chi connectivity index (χ3n) is 2.34. The van der Waals surface area contributed by atoms with Crippen molar-refractivity contribution in [2.45, 2.75) is 0 Å². The summed E-state index contributed by atoms with van der Waals surface area (Å²) in [5.74, 6) is -1.26. The maximum atomic E-state index is 10.7. The number of hydrogen-bond acceptors (Lipinski definition) is 2. The second-order valence-electron chi connectivity index (χ2n) is 3.38. The van der Waals surface area contributed by atoms with E-state index in [1.54, 1.807) is 24.4 Å². The molecule has 4 nitrogen and oxygen atoms in total. The van der Waals surface area contributed by atoms with Crippen LogP contribution in [-0.2, 0) is 4.79 Å². The number of halogens is 1. The van der Waals surface area contributed by atoms with E-state index < -0.39 is 5.97 Å². The fourth-order valence-electron chi connectivity index (χ4n) is 1.58. The summed E-state index contributed by atoms with van der Waals surface area (Å²) >= 11 is 6.03. The van der Waals surface area contributed by atoms with E-state index in [2.05, 4.69) is 4.98 Å². The van der Waals surface area contributed by atoms with E-state index in [0.29, 0.717) is 16.0 Å². The van der Waals surface area contributed by atoms with Crippen LogP contribution in [0.3, 0.4) is 0 Å². The van der Waals surface area contributed by atoms with Gasteiger partial charge in [0, 0.05) is 22.7 Å². The molecule has 17 heavy (non-hydrogen) atoms. The standard InChI is InChI=1S/C12H7ClN2O2/c13-9-2-1-3-10-11(9)8(6-15-10)4-7(5-14)12(16)17/h1-4,6,15H,(H,16,17)/b7-4+. The van der Waals surface area contributed by atoms with Gasteiger partial charge in [-0.1, -0.05) is 17.7 Å². The van der Waals surface area contributed by atoms with Crippen LogP contribution in [0.15, 0.2) is 30.0 Å². The third kappa shape index (κ3) is 2.01. The Morgan fingerprint density at radius 1 is 1.53 bits per heavy atom.